The summed E-state index contributed by atoms with van der Waals surface area (Å²) in [5.41, 5.74) is 0.502. The van der Waals surface area contributed by atoms with Crippen molar-refractivity contribution in [1.29, 1.82) is 0 Å². The van der Waals surface area contributed by atoms with Crippen molar-refractivity contribution in [2.24, 2.45) is 0 Å². The number of methoxy groups -OCH3 is 1. The molecule has 0 unspecified atom stereocenters. The molecule has 1 aromatic carbocycles. The SMILES string of the molecule is C/C=C(/F)c1ccccc1OC. The Balaban J connectivity index is 3.13. The van der Waals surface area contributed by atoms with Crippen LogP contribution in [0.3, 0.4) is 0 Å². The zero-order valence-corrected chi connectivity index (χ0v) is 7.17. The van der Waals surface area contributed by atoms with E-state index in [1.54, 1.807) is 25.1 Å². The lowest BCUT2D eigenvalue weighted by molar-refractivity contribution is 0.412. The molecular weight excluding hydrogens is 155 g/mol. The highest BCUT2D eigenvalue weighted by Gasteiger charge is 2.04. The van der Waals surface area contributed by atoms with Crippen LogP contribution in [0, 0.1) is 0 Å². The van der Waals surface area contributed by atoms with E-state index in [1.807, 2.05) is 6.07 Å². The molecule has 1 nitrogen and oxygen atoms in total. The van der Waals surface area contributed by atoms with Crippen LogP contribution in [0.25, 0.3) is 5.83 Å². The highest BCUT2D eigenvalue weighted by molar-refractivity contribution is 5.64. The second-order valence-electron chi connectivity index (χ2n) is 2.34. The number of ether oxygens (including phenoxy) is 1. The number of hydrogen-bond donors (Lipinski definition) is 0. The van der Waals surface area contributed by atoms with Gasteiger partial charge in [-0.15, -0.1) is 0 Å². The molecule has 2 heteroatoms. The van der Waals surface area contributed by atoms with E-state index in [-0.39, 0.29) is 5.83 Å². The van der Waals surface area contributed by atoms with Gasteiger partial charge in [-0.1, -0.05) is 18.2 Å². The lowest BCUT2D eigenvalue weighted by Gasteiger charge is -2.04. The summed E-state index contributed by atoms with van der Waals surface area (Å²) in [5.74, 6) is 0.306. The number of rotatable bonds is 2. The second-order valence-corrected chi connectivity index (χ2v) is 2.34. The second kappa shape index (κ2) is 3.90. The van der Waals surface area contributed by atoms with Crippen LogP contribution >= 0.6 is 0 Å². The van der Waals surface area contributed by atoms with Gasteiger partial charge in [0.05, 0.1) is 12.7 Å². The van der Waals surface area contributed by atoms with Crippen molar-refractivity contribution in [2.75, 3.05) is 7.11 Å². The third-order valence-corrected chi connectivity index (χ3v) is 1.62. The quantitative estimate of drug-likeness (QED) is 0.656. The van der Waals surface area contributed by atoms with Gasteiger partial charge in [-0.05, 0) is 19.1 Å². The summed E-state index contributed by atoms with van der Waals surface area (Å²) in [6.07, 6.45) is 1.41. The molecule has 0 aliphatic rings. The Morgan fingerprint density at radius 3 is 2.67 bits per heavy atom. The number of para-hydroxylation sites is 1. The van der Waals surface area contributed by atoms with Crippen LogP contribution < -0.4 is 4.74 Å². The van der Waals surface area contributed by atoms with Crippen molar-refractivity contribution in [2.45, 2.75) is 6.92 Å². The van der Waals surface area contributed by atoms with Crippen molar-refractivity contribution in [3.63, 3.8) is 0 Å². The van der Waals surface area contributed by atoms with E-state index in [1.165, 1.54) is 13.2 Å². The Labute approximate surface area is 71.5 Å². The predicted molar refractivity (Wildman–Crippen MR) is 47.8 cm³/mol. The fourth-order valence-electron chi connectivity index (χ4n) is 0.997. The topological polar surface area (TPSA) is 9.23 Å². The van der Waals surface area contributed by atoms with Crippen molar-refractivity contribution in [1.82, 2.24) is 0 Å². The van der Waals surface area contributed by atoms with Gasteiger partial charge in [0.25, 0.3) is 0 Å². The fraction of sp³-hybridized carbons (Fsp3) is 0.200. The van der Waals surface area contributed by atoms with Gasteiger partial charge in [-0.25, -0.2) is 4.39 Å². The maximum atomic E-state index is 13.1. The Morgan fingerprint density at radius 1 is 1.42 bits per heavy atom. The summed E-state index contributed by atoms with van der Waals surface area (Å²) in [5, 5.41) is 0. The van der Waals surface area contributed by atoms with Crippen molar-refractivity contribution in [3.8, 4) is 5.75 Å². The highest BCUT2D eigenvalue weighted by atomic mass is 19.1. The molecule has 0 aromatic heterocycles. The Hall–Kier alpha value is -1.31. The molecule has 0 spiro atoms. The van der Waals surface area contributed by atoms with Gasteiger partial charge >= 0.3 is 0 Å². The summed E-state index contributed by atoms with van der Waals surface area (Å²) in [6, 6.07) is 7.01. The van der Waals surface area contributed by atoms with E-state index in [2.05, 4.69) is 0 Å². The maximum absolute atomic E-state index is 13.1. The van der Waals surface area contributed by atoms with E-state index in [0.29, 0.717) is 11.3 Å². The summed E-state index contributed by atoms with van der Waals surface area (Å²) >= 11 is 0. The monoisotopic (exact) mass is 166 g/mol. The molecule has 0 heterocycles. The zero-order chi connectivity index (χ0) is 8.97. The molecule has 0 amide bonds. The van der Waals surface area contributed by atoms with Crippen molar-refractivity contribution in [3.05, 3.63) is 35.9 Å². The lowest BCUT2D eigenvalue weighted by atomic mass is 10.2. The maximum Gasteiger partial charge on any atom is 0.129 e. The van der Waals surface area contributed by atoms with Crippen LogP contribution in [0.4, 0.5) is 4.39 Å². The van der Waals surface area contributed by atoms with E-state index in [0.717, 1.165) is 0 Å². The minimum absolute atomic E-state index is 0.257. The largest absolute Gasteiger partial charge is 0.496 e. The van der Waals surface area contributed by atoms with Crippen LogP contribution in [0.2, 0.25) is 0 Å². The Morgan fingerprint density at radius 2 is 2.08 bits per heavy atom. The molecule has 0 aliphatic carbocycles. The van der Waals surface area contributed by atoms with E-state index in [9.17, 15) is 4.39 Å². The molecule has 0 fully saturated rings. The smallest absolute Gasteiger partial charge is 0.129 e. The average Bonchev–Trinajstić information content (AvgIpc) is 2.16. The van der Waals surface area contributed by atoms with Gasteiger partial charge in [0, 0.05) is 0 Å². The first-order valence-electron chi connectivity index (χ1n) is 3.74. The molecular formula is C10H11FO. The van der Waals surface area contributed by atoms with Gasteiger partial charge in [0.2, 0.25) is 0 Å². The van der Waals surface area contributed by atoms with Crippen LogP contribution in [0.1, 0.15) is 12.5 Å². The third kappa shape index (κ3) is 1.64. The van der Waals surface area contributed by atoms with Crippen LogP contribution in [-0.2, 0) is 0 Å². The fourth-order valence-corrected chi connectivity index (χ4v) is 0.997. The average molecular weight is 166 g/mol. The number of benzene rings is 1. The van der Waals surface area contributed by atoms with Crippen LogP contribution in [0.5, 0.6) is 5.75 Å². The zero-order valence-electron chi connectivity index (χ0n) is 7.17. The summed E-state index contributed by atoms with van der Waals surface area (Å²) < 4.78 is 18.1. The molecule has 1 rings (SSSR count). The van der Waals surface area contributed by atoms with Gasteiger partial charge < -0.3 is 4.74 Å². The molecule has 0 N–H and O–H groups in total. The third-order valence-electron chi connectivity index (χ3n) is 1.62. The molecule has 12 heavy (non-hydrogen) atoms. The number of hydrogen-bond acceptors (Lipinski definition) is 1. The van der Waals surface area contributed by atoms with E-state index in [4.69, 9.17) is 4.74 Å². The minimum atomic E-state index is -0.257. The van der Waals surface area contributed by atoms with Gasteiger partial charge in [-0.3, -0.25) is 0 Å². The molecule has 0 saturated heterocycles. The Bertz CT molecular complexity index is 292. The predicted octanol–water partition coefficient (Wildman–Crippen LogP) is 3.03. The van der Waals surface area contributed by atoms with E-state index >= 15 is 0 Å². The number of allylic oxidation sites excluding steroid dienone is 1. The first-order chi connectivity index (χ1) is 5.79. The van der Waals surface area contributed by atoms with Crippen molar-refractivity contribution < 1.29 is 9.13 Å². The molecule has 1 aromatic rings. The van der Waals surface area contributed by atoms with E-state index < -0.39 is 0 Å². The summed E-state index contributed by atoms with van der Waals surface area (Å²) in [6.45, 7) is 1.65. The van der Waals surface area contributed by atoms with Crippen LogP contribution in [0.15, 0.2) is 30.3 Å². The van der Waals surface area contributed by atoms with Crippen molar-refractivity contribution >= 4 is 5.83 Å². The Kier molecular flexibility index (Phi) is 2.86. The molecule has 0 atom stereocenters. The lowest BCUT2D eigenvalue weighted by Crippen LogP contribution is -1.87. The van der Waals surface area contributed by atoms with Gasteiger partial charge in [0.15, 0.2) is 0 Å². The molecule has 0 bridgehead atoms. The minimum Gasteiger partial charge on any atom is -0.496 e. The molecule has 0 radical (unpaired) electrons. The first kappa shape index (κ1) is 8.78. The van der Waals surface area contributed by atoms with Gasteiger partial charge in [0.1, 0.15) is 11.6 Å². The first-order valence-corrected chi connectivity index (χ1v) is 3.74. The summed E-state index contributed by atoms with van der Waals surface area (Å²) in [7, 11) is 1.53. The van der Waals surface area contributed by atoms with Crippen LogP contribution in [-0.4, -0.2) is 7.11 Å². The standard InChI is InChI=1S/C10H11FO/c1-3-9(11)8-6-4-5-7-10(8)12-2/h3-7H,1-2H3/b9-3+. The molecule has 64 valence electrons. The highest BCUT2D eigenvalue weighted by Crippen LogP contribution is 2.25. The number of halogens is 1. The molecule has 0 aliphatic heterocycles. The summed E-state index contributed by atoms with van der Waals surface area (Å²) in [4.78, 5) is 0. The normalized spacial score (nSPS) is 11.4. The van der Waals surface area contributed by atoms with Gasteiger partial charge in [-0.2, -0.15) is 0 Å². The molecule has 0 saturated carbocycles.